The van der Waals surface area contributed by atoms with Crippen molar-refractivity contribution < 1.29 is 13.9 Å². The van der Waals surface area contributed by atoms with E-state index >= 15 is 0 Å². The molecule has 0 unspecified atom stereocenters. The van der Waals surface area contributed by atoms with Crippen LogP contribution in [0.15, 0.2) is 0 Å². The maximum Gasteiger partial charge on any atom is 0.287 e. The van der Waals surface area contributed by atoms with Crippen molar-refractivity contribution in [2.45, 2.75) is 31.9 Å². The number of aliphatic hydroxyl groups is 1. The molecule has 2 nitrogen and oxygen atoms in total. The fraction of sp³-hybridized carbons (Fsp3) is 1.00. The number of alkyl halides is 2. The molecule has 0 radical (unpaired) electrons. The van der Waals surface area contributed by atoms with Crippen LogP contribution in [0.5, 0.6) is 0 Å². The lowest BCUT2D eigenvalue weighted by molar-refractivity contribution is -0.0734. The molecule has 1 fully saturated rings. The molecule has 1 aliphatic rings. The highest BCUT2D eigenvalue weighted by molar-refractivity contribution is 4.91. The highest BCUT2D eigenvalue weighted by Gasteiger charge is 2.47. The van der Waals surface area contributed by atoms with Gasteiger partial charge in [0.15, 0.2) is 0 Å². The van der Waals surface area contributed by atoms with Gasteiger partial charge >= 0.3 is 0 Å². The van der Waals surface area contributed by atoms with Crippen molar-refractivity contribution in [2.24, 2.45) is 0 Å². The summed E-state index contributed by atoms with van der Waals surface area (Å²) in [6.07, 6.45) is -1.48. The second-order valence-electron chi connectivity index (χ2n) is 3.30. The summed E-state index contributed by atoms with van der Waals surface area (Å²) in [6.45, 7) is 3.46. The number of halogens is 2. The molecule has 1 aliphatic heterocycles. The molecule has 1 atom stereocenters. The molecule has 0 aromatic heterocycles. The van der Waals surface area contributed by atoms with Crippen LogP contribution in [-0.2, 0) is 0 Å². The van der Waals surface area contributed by atoms with Gasteiger partial charge < -0.3 is 5.11 Å². The molecule has 1 saturated heterocycles. The zero-order valence-electron chi connectivity index (χ0n) is 6.72. The molecule has 0 aliphatic carbocycles. The van der Waals surface area contributed by atoms with Gasteiger partial charge in [0, 0.05) is 12.6 Å². The van der Waals surface area contributed by atoms with Gasteiger partial charge in [0.1, 0.15) is 6.10 Å². The first-order valence-corrected chi connectivity index (χ1v) is 3.73. The summed E-state index contributed by atoms with van der Waals surface area (Å²) in [7, 11) is 0. The first-order valence-electron chi connectivity index (χ1n) is 3.73. The Labute approximate surface area is 64.8 Å². The number of hydrogen-bond donors (Lipinski definition) is 1. The SMILES string of the molecule is CC(C)N1C[C@H](O)C(F)(F)C1. The molecule has 0 aromatic rings. The van der Waals surface area contributed by atoms with Gasteiger partial charge in [-0.2, -0.15) is 0 Å². The maximum absolute atomic E-state index is 12.7. The minimum Gasteiger partial charge on any atom is -0.385 e. The second kappa shape index (κ2) is 2.68. The number of β-amino-alcohol motifs (C(OH)–C–C–N with tert-alkyl or cyclic N) is 1. The van der Waals surface area contributed by atoms with Gasteiger partial charge in [0.05, 0.1) is 6.54 Å². The normalized spacial score (nSPS) is 31.6. The Morgan fingerprint density at radius 2 is 2.09 bits per heavy atom. The number of hydrogen-bond acceptors (Lipinski definition) is 2. The van der Waals surface area contributed by atoms with E-state index in [4.69, 9.17) is 5.11 Å². The largest absolute Gasteiger partial charge is 0.385 e. The van der Waals surface area contributed by atoms with Crippen LogP contribution in [0, 0.1) is 0 Å². The Morgan fingerprint density at radius 1 is 1.55 bits per heavy atom. The Hall–Kier alpha value is -0.220. The fourth-order valence-corrected chi connectivity index (χ4v) is 1.19. The first kappa shape index (κ1) is 8.87. The molecule has 11 heavy (non-hydrogen) atoms. The molecule has 66 valence electrons. The van der Waals surface area contributed by atoms with Crippen LogP contribution in [0.25, 0.3) is 0 Å². The number of rotatable bonds is 1. The van der Waals surface area contributed by atoms with Crippen molar-refractivity contribution >= 4 is 0 Å². The Bertz CT molecular complexity index is 149. The summed E-state index contributed by atoms with van der Waals surface area (Å²) in [5.41, 5.74) is 0. The van der Waals surface area contributed by atoms with Gasteiger partial charge in [-0.05, 0) is 13.8 Å². The third-order valence-corrected chi connectivity index (χ3v) is 2.04. The van der Waals surface area contributed by atoms with E-state index in [1.54, 1.807) is 4.90 Å². The lowest BCUT2D eigenvalue weighted by atomic mass is 10.2. The van der Waals surface area contributed by atoms with Crippen molar-refractivity contribution in [3.63, 3.8) is 0 Å². The molecule has 0 amide bonds. The van der Waals surface area contributed by atoms with Crippen LogP contribution in [0.2, 0.25) is 0 Å². The van der Waals surface area contributed by atoms with Crippen LogP contribution >= 0.6 is 0 Å². The molecule has 0 saturated carbocycles. The van der Waals surface area contributed by atoms with E-state index in [2.05, 4.69) is 0 Å². The summed E-state index contributed by atoms with van der Waals surface area (Å²) < 4.78 is 25.3. The molecule has 0 aromatic carbocycles. The van der Waals surface area contributed by atoms with Crippen LogP contribution in [0.1, 0.15) is 13.8 Å². The molecule has 4 heteroatoms. The minimum absolute atomic E-state index is 0.0815. The van der Waals surface area contributed by atoms with Gasteiger partial charge in [0.25, 0.3) is 5.92 Å². The monoisotopic (exact) mass is 165 g/mol. The predicted molar refractivity (Wildman–Crippen MR) is 37.7 cm³/mol. The number of aliphatic hydroxyl groups excluding tert-OH is 1. The average molecular weight is 165 g/mol. The second-order valence-corrected chi connectivity index (χ2v) is 3.30. The van der Waals surface area contributed by atoms with Crippen LogP contribution < -0.4 is 0 Å². The van der Waals surface area contributed by atoms with Gasteiger partial charge in [0.2, 0.25) is 0 Å². The van der Waals surface area contributed by atoms with Crippen molar-refractivity contribution in [2.75, 3.05) is 13.1 Å². The summed E-state index contributed by atoms with van der Waals surface area (Å²) >= 11 is 0. The standard InChI is InChI=1S/C7H13F2NO/c1-5(2)10-3-6(11)7(8,9)4-10/h5-6,11H,3-4H2,1-2H3/t6-/m0/s1. The number of nitrogens with zero attached hydrogens (tertiary/aromatic N) is 1. The maximum atomic E-state index is 12.7. The Balaban J connectivity index is 2.57. The molecule has 1 N–H and O–H groups in total. The first-order chi connectivity index (χ1) is 4.93. The van der Waals surface area contributed by atoms with Gasteiger partial charge in [-0.3, -0.25) is 4.90 Å². The van der Waals surface area contributed by atoms with E-state index in [-0.39, 0.29) is 19.1 Å². The quantitative estimate of drug-likeness (QED) is 0.618. The molecule has 1 heterocycles. The highest BCUT2D eigenvalue weighted by atomic mass is 19.3. The zero-order chi connectivity index (χ0) is 8.65. The summed E-state index contributed by atoms with van der Waals surface area (Å²) in [6, 6.07) is 0.0815. The van der Waals surface area contributed by atoms with Gasteiger partial charge in [-0.25, -0.2) is 8.78 Å². The molecular weight excluding hydrogens is 152 g/mol. The van der Waals surface area contributed by atoms with Gasteiger partial charge in [-0.15, -0.1) is 0 Å². The number of likely N-dealkylation sites (tertiary alicyclic amines) is 1. The van der Waals surface area contributed by atoms with E-state index < -0.39 is 12.0 Å². The summed E-state index contributed by atoms with van der Waals surface area (Å²) in [4.78, 5) is 1.57. The van der Waals surface area contributed by atoms with Crippen molar-refractivity contribution in [3.8, 4) is 0 Å². The Kier molecular flexibility index (Phi) is 2.16. The lowest BCUT2D eigenvalue weighted by Gasteiger charge is -2.18. The van der Waals surface area contributed by atoms with Gasteiger partial charge in [-0.1, -0.05) is 0 Å². The molecule has 0 spiro atoms. The smallest absolute Gasteiger partial charge is 0.287 e. The third kappa shape index (κ3) is 1.68. The van der Waals surface area contributed by atoms with E-state index in [0.717, 1.165) is 0 Å². The molecule has 0 bridgehead atoms. The zero-order valence-corrected chi connectivity index (χ0v) is 6.72. The fourth-order valence-electron chi connectivity index (χ4n) is 1.19. The van der Waals surface area contributed by atoms with E-state index in [1.165, 1.54) is 0 Å². The Morgan fingerprint density at radius 3 is 2.27 bits per heavy atom. The van der Waals surface area contributed by atoms with E-state index in [0.29, 0.717) is 0 Å². The molecule has 1 rings (SSSR count). The van der Waals surface area contributed by atoms with Crippen LogP contribution in [0.3, 0.4) is 0 Å². The summed E-state index contributed by atoms with van der Waals surface area (Å²) in [5, 5.41) is 8.88. The predicted octanol–water partition coefficient (Wildman–Crippen LogP) is 0.707. The minimum atomic E-state index is -2.91. The third-order valence-electron chi connectivity index (χ3n) is 2.04. The lowest BCUT2D eigenvalue weighted by Crippen LogP contribution is -2.32. The molecular formula is C7H13F2NO. The van der Waals surface area contributed by atoms with Crippen molar-refractivity contribution in [1.82, 2.24) is 4.90 Å². The van der Waals surface area contributed by atoms with Crippen molar-refractivity contribution in [3.05, 3.63) is 0 Å². The van der Waals surface area contributed by atoms with Crippen LogP contribution in [-0.4, -0.2) is 41.2 Å². The average Bonchev–Trinajstić information content (AvgIpc) is 2.08. The summed E-state index contributed by atoms with van der Waals surface area (Å²) in [5.74, 6) is -2.91. The highest BCUT2D eigenvalue weighted by Crippen LogP contribution is 2.28. The van der Waals surface area contributed by atoms with Crippen LogP contribution in [0.4, 0.5) is 8.78 Å². The van der Waals surface area contributed by atoms with Crippen molar-refractivity contribution in [1.29, 1.82) is 0 Å². The topological polar surface area (TPSA) is 23.5 Å². The van der Waals surface area contributed by atoms with E-state index in [1.807, 2.05) is 13.8 Å². The van der Waals surface area contributed by atoms with E-state index in [9.17, 15) is 8.78 Å².